The minimum atomic E-state index is -0.219. The fourth-order valence-corrected chi connectivity index (χ4v) is 4.35. The summed E-state index contributed by atoms with van der Waals surface area (Å²) in [5, 5.41) is 0. The Morgan fingerprint density at radius 2 is 1.71 bits per heavy atom. The highest BCUT2D eigenvalue weighted by molar-refractivity contribution is 7.98. The normalized spacial score (nSPS) is 13.0. The first-order valence-electron chi connectivity index (χ1n) is 9.70. The third kappa shape index (κ3) is 6.36. The van der Waals surface area contributed by atoms with E-state index in [-0.39, 0.29) is 30.6 Å². The van der Waals surface area contributed by atoms with Crippen LogP contribution in [0.2, 0.25) is 0 Å². The van der Waals surface area contributed by atoms with Crippen molar-refractivity contribution in [2.45, 2.75) is 10.6 Å². The van der Waals surface area contributed by atoms with Crippen LogP contribution < -0.4 is 4.90 Å². The van der Waals surface area contributed by atoms with Gasteiger partial charge in [-0.15, -0.1) is 36.6 Å². The summed E-state index contributed by atoms with van der Waals surface area (Å²) in [6, 6.07) is 23.8. The fraction of sp³-hybridized carbons (Fsp3) is 0.160. The van der Waals surface area contributed by atoms with Crippen LogP contribution in [-0.4, -0.2) is 25.8 Å². The zero-order chi connectivity index (χ0) is 20.1. The van der Waals surface area contributed by atoms with E-state index in [1.807, 2.05) is 30.9 Å². The van der Waals surface area contributed by atoms with Crippen molar-refractivity contribution >= 4 is 54.1 Å². The van der Waals surface area contributed by atoms with Gasteiger partial charge in [0.15, 0.2) is 0 Å². The van der Waals surface area contributed by atoms with E-state index in [4.69, 9.17) is 4.99 Å². The number of nitrogens with zero attached hydrogens (tertiary/aromatic N) is 2. The van der Waals surface area contributed by atoms with E-state index in [0.717, 1.165) is 34.8 Å². The number of benzene rings is 3. The smallest absolute Gasteiger partial charge is 0.125 e. The average Bonchev–Trinajstić information content (AvgIpc) is 2.90. The molecule has 4 rings (SSSR count). The summed E-state index contributed by atoms with van der Waals surface area (Å²) >= 11 is 1.83. The van der Waals surface area contributed by atoms with Gasteiger partial charge in [-0.3, -0.25) is 4.99 Å². The molecule has 162 valence electrons. The Kier molecular flexibility index (Phi) is 9.63. The van der Waals surface area contributed by atoms with E-state index in [0.29, 0.717) is 6.54 Å². The second kappa shape index (κ2) is 11.9. The summed E-state index contributed by atoms with van der Waals surface area (Å²) in [5.41, 5.74) is 5.22. The van der Waals surface area contributed by atoms with Gasteiger partial charge in [-0.1, -0.05) is 54.6 Å². The number of hydrogen-bond acceptors (Lipinski definition) is 3. The van der Waals surface area contributed by atoms with Crippen molar-refractivity contribution in [1.29, 1.82) is 0 Å². The minimum Gasteiger partial charge on any atom is -0.372 e. The monoisotopic (exact) mass is 474 g/mol. The van der Waals surface area contributed by atoms with E-state index in [1.165, 1.54) is 16.5 Å². The molecule has 1 aliphatic rings. The summed E-state index contributed by atoms with van der Waals surface area (Å²) in [7, 11) is 1.98. The number of fused-ring (bicyclic) bond motifs is 1. The molecule has 1 aliphatic heterocycles. The highest BCUT2D eigenvalue weighted by Crippen LogP contribution is 2.28. The maximum atomic E-state index is 13.8. The highest BCUT2D eigenvalue weighted by atomic mass is 35.5. The van der Waals surface area contributed by atoms with Gasteiger partial charge >= 0.3 is 0 Å². The summed E-state index contributed by atoms with van der Waals surface area (Å²) < 4.78 is 13.8. The van der Waals surface area contributed by atoms with Crippen LogP contribution in [0, 0.1) is 5.82 Å². The van der Waals surface area contributed by atoms with Crippen molar-refractivity contribution < 1.29 is 4.39 Å². The SMILES string of the molecule is CN1CCN=C(C=Cc2ccccc2SCc2ccccc2)c2ccc(F)cc21.Cl.Cl. The first-order valence-corrected chi connectivity index (χ1v) is 10.7. The first-order chi connectivity index (χ1) is 14.2. The number of thioether (sulfide) groups is 1. The molecule has 0 saturated carbocycles. The van der Waals surface area contributed by atoms with Crippen LogP contribution in [-0.2, 0) is 5.75 Å². The van der Waals surface area contributed by atoms with E-state index >= 15 is 0 Å². The largest absolute Gasteiger partial charge is 0.372 e. The first kappa shape index (κ1) is 25.0. The predicted octanol–water partition coefficient (Wildman–Crippen LogP) is 6.91. The molecule has 3 aromatic carbocycles. The number of benzodiazepines with no additional fused rings is 1. The quantitative estimate of drug-likeness (QED) is 0.373. The molecular weight excluding hydrogens is 450 g/mol. The van der Waals surface area contributed by atoms with Gasteiger partial charge in [-0.2, -0.15) is 0 Å². The van der Waals surface area contributed by atoms with Gasteiger partial charge in [0.1, 0.15) is 5.82 Å². The summed E-state index contributed by atoms with van der Waals surface area (Å²) in [5.74, 6) is 0.711. The van der Waals surface area contributed by atoms with Crippen LogP contribution in [0.1, 0.15) is 16.7 Å². The molecule has 31 heavy (non-hydrogen) atoms. The van der Waals surface area contributed by atoms with Gasteiger partial charge in [0.25, 0.3) is 0 Å². The Hall–Kier alpha value is -2.27. The highest BCUT2D eigenvalue weighted by Gasteiger charge is 2.15. The molecule has 0 radical (unpaired) electrons. The number of halogens is 3. The predicted molar refractivity (Wildman–Crippen MR) is 137 cm³/mol. The molecule has 0 aliphatic carbocycles. The van der Waals surface area contributed by atoms with E-state index in [9.17, 15) is 4.39 Å². The lowest BCUT2D eigenvalue weighted by molar-refractivity contribution is 0.627. The molecule has 6 heteroatoms. The molecule has 0 spiro atoms. The van der Waals surface area contributed by atoms with E-state index in [2.05, 4.69) is 65.6 Å². The molecule has 0 aromatic heterocycles. The third-order valence-corrected chi connectivity index (χ3v) is 6.10. The molecule has 0 bridgehead atoms. The second-order valence-corrected chi connectivity index (χ2v) is 8.01. The molecular formula is C25H25Cl2FN2S. The minimum absolute atomic E-state index is 0. The zero-order valence-corrected chi connectivity index (χ0v) is 19.7. The van der Waals surface area contributed by atoms with Gasteiger partial charge < -0.3 is 4.90 Å². The Labute approximate surface area is 200 Å². The van der Waals surface area contributed by atoms with Crippen molar-refractivity contribution in [3.05, 3.63) is 101 Å². The van der Waals surface area contributed by atoms with Crippen LogP contribution in [0.3, 0.4) is 0 Å². The maximum Gasteiger partial charge on any atom is 0.125 e. The summed E-state index contributed by atoms with van der Waals surface area (Å²) in [4.78, 5) is 8.04. The van der Waals surface area contributed by atoms with Crippen molar-refractivity contribution in [1.82, 2.24) is 0 Å². The van der Waals surface area contributed by atoms with Crippen LogP contribution in [0.15, 0.2) is 88.8 Å². The molecule has 2 nitrogen and oxygen atoms in total. The maximum absolute atomic E-state index is 13.8. The van der Waals surface area contributed by atoms with E-state index in [1.54, 1.807) is 6.07 Å². The Balaban J connectivity index is 0.00000171. The van der Waals surface area contributed by atoms with Crippen LogP contribution in [0.5, 0.6) is 0 Å². The number of allylic oxidation sites excluding steroid dienone is 1. The number of likely N-dealkylation sites (N-methyl/N-ethyl adjacent to an activating group) is 1. The van der Waals surface area contributed by atoms with Crippen molar-refractivity contribution in [2.75, 3.05) is 25.0 Å². The lowest BCUT2D eigenvalue weighted by Crippen LogP contribution is -2.20. The number of anilines is 1. The van der Waals surface area contributed by atoms with E-state index < -0.39 is 0 Å². The molecule has 0 fully saturated rings. The van der Waals surface area contributed by atoms with Crippen LogP contribution in [0.4, 0.5) is 10.1 Å². The lowest BCUT2D eigenvalue weighted by Gasteiger charge is -2.18. The number of aliphatic imine (C=N–C) groups is 1. The number of rotatable bonds is 5. The molecule has 0 saturated heterocycles. The standard InChI is InChI=1S/C25H23FN2S.2ClH/c1-28-16-15-27-23(22-13-12-21(26)17-24(22)28)14-11-20-9-5-6-10-25(20)29-18-19-7-3-2-4-8-19;;/h2-14,17H,15-16,18H2,1H3;2*1H. The second-order valence-electron chi connectivity index (χ2n) is 7.00. The Morgan fingerprint density at radius 1 is 0.968 bits per heavy atom. The van der Waals surface area contributed by atoms with Crippen molar-refractivity contribution in [3.63, 3.8) is 0 Å². The van der Waals surface area contributed by atoms with Gasteiger partial charge in [0, 0.05) is 35.5 Å². The van der Waals surface area contributed by atoms with Gasteiger partial charge in [0.05, 0.1) is 12.3 Å². The molecule has 0 amide bonds. The summed E-state index contributed by atoms with van der Waals surface area (Å²) in [6.45, 7) is 1.47. The van der Waals surface area contributed by atoms with Crippen LogP contribution >= 0.6 is 36.6 Å². The third-order valence-electron chi connectivity index (χ3n) is 4.94. The molecule has 0 N–H and O–H groups in total. The molecule has 1 heterocycles. The van der Waals surface area contributed by atoms with Gasteiger partial charge in [0.2, 0.25) is 0 Å². The lowest BCUT2D eigenvalue weighted by atomic mass is 10.1. The van der Waals surface area contributed by atoms with Crippen molar-refractivity contribution in [2.24, 2.45) is 4.99 Å². The topological polar surface area (TPSA) is 15.6 Å². The summed E-state index contributed by atoms with van der Waals surface area (Å²) in [6.07, 6.45) is 4.17. The molecule has 0 unspecified atom stereocenters. The van der Waals surface area contributed by atoms with Crippen LogP contribution in [0.25, 0.3) is 6.08 Å². The van der Waals surface area contributed by atoms with Crippen molar-refractivity contribution in [3.8, 4) is 0 Å². The molecule has 3 aromatic rings. The Morgan fingerprint density at radius 3 is 2.52 bits per heavy atom. The fourth-order valence-electron chi connectivity index (χ4n) is 3.36. The molecule has 0 atom stereocenters. The average molecular weight is 475 g/mol. The van der Waals surface area contributed by atoms with Gasteiger partial charge in [-0.05, 0) is 41.5 Å². The Bertz CT molecular complexity index is 1050. The number of hydrogen-bond donors (Lipinski definition) is 0. The zero-order valence-electron chi connectivity index (χ0n) is 17.2. The van der Waals surface area contributed by atoms with Gasteiger partial charge in [-0.25, -0.2) is 4.39 Å².